The van der Waals surface area contributed by atoms with Gasteiger partial charge in [-0.1, -0.05) is 12.2 Å². The van der Waals surface area contributed by atoms with E-state index in [0.717, 1.165) is 10.0 Å². The summed E-state index contributed by atoms with van der Waals surface area (Å²) in [5, 5.41) is 1.60. The highest BCUT2D eigenvalue weighted by Crippen LogP contribution is 2.07. The van der Waals surface area contributed by atoms with Gasteiger partial charge in [0.2, 0.25) is 0 Å². The summed E-state index contributed by atoms with van der Waals surface area (Å²) >= 11 is 7.97. The third-order valence-corrected chi connectivity index (χ3v) is 1.57. The number of halogens is 1. The van der Waals surface area contributed by atoms with Gasteiger partial charge < -0.3 is 0 Å². The van der Waals surface area contributed by atoms with Crippen molar-refractivity contribution in [3.8, 4) is 0 Å². The summed E-state index contributed by atoms with van der Waals surface area (Å²) in [7, 11) is 0. The molecule has 1 aromatic rings. The maximum Gasteiger partial charge on any atom is 0.0410 e. The molecule has 46 valence electrons. The normalized spacial score (nSPS) is 9.00. The van der Waals surface area contributed by atoms with Crippen molar-refractivity contribution in [2.45, 2.75) is 0 Å². The first-order chi connectivity index (χ1) is 4.33. The third kappa shape index (κ3) is 1.84. The fourth-order valence-corrected chi connectivity index (χ4v) is 1.00. The Morgan fingerprint density at radius 3 is 2.78 bits per heavy atom. The van der Waals surface area contributed by atoms with Gasteiger partial charge in [0.15, 0.2) is 0 Å². The van der Waals surface area contributed by atoms with Gasteiger partial charge in [-0.25, -0.2) is 0 Å². The lowest BCUT2D eigenvalue weighted by Crippen LogP contribution is -1.79. The Balaban J connectivity index is 3.07. The molecule has 0 N–H and O–H groups in total. The van der Waals surface area contributed by atoms with Crippen molar-refractivity contribution in [1.82, 2.24) is 4.98 Å². The molecule has 0 fully saturated rings. The highest BCUT2D eigenvalue weighted by Gasteiger charge is 1.86. The quantitative estimate of drug-likeness (QED) is 0.647. The van der Waals surface area contributed by atoms with Crippen LogP contribution in [-0.4, -0.2) is 10.4 Å². The van der Waals surface area contributed by atoms with E-state index in [1.165, 1.54) is 0 Å². The molecule has 0 unspecified atom stereocenters. The van der Waals surface area contributed by atoms with Crippen LogP contribution in [0.15, 0.2) is 22.9 Å². The minimum absolute atomic E-state index is 0.958. The van der Waals surface area contributed by atoms with Crippen molar-refractivity contribution in [2.75, 3.05) is 0 Å². The number of rotatable bonds is 1. The zero-order chi connectivity index (χ0) is 6.69. The van der Waals surface area contributed by atoms with E-state index in [-0.39, 0.29) is 0 Å². The Morgan fingerprint density at radius 1 is 1.56 bits per heavy atom. The van der Waals surface area contributed by atoms with Crippen LogP contribution >= 0.6 is 28.1 Å². The molecule has 0 amide bonds. The molecule has 0 aromatic carbocycles. The predicted octanol–water partition coefficient (Wildman–Crippen LogP) is 2.19. The van der Waals surface area contributed by atoms with Gasteiger partial charge in [-0.15, -0.1) is 0 Å². The fraction of sp³-hybridized carbons (Fsp3) is 0. The molecular formula is C6H4BrNS. The average molecular weight is 202 g/mol. The number of thiocarbonyl (C=S) groups is 1. The molecular weight excluding hydrogens is 198 g/mol. The lowest BCUT2D eigenvalue weighted by molar-refractivity contribution is 1.30. The number of pyridine rings is 1. The van der Waals surface area contributed by atoms with Crippen LogP contribution in [-0.2, 0) is 0 Å². The summed E-state index contributed by atoms with van der Waals surface area (Å²) in [6.07, 6.45) is 3.44. The summed E-state index contributed by atoms with van der Waals surface area (Å²) in [4.78, 5) is 3.91. The van der Waals surface area contributed by atoms with Crippen molar-refractivity contribution in [2.24, 2.45) is 0 Å². The molecule has 0 aliphatic rings. The van der Waals surface area contributed by atoms with Gasteiger partial charge in [0, 0.05) is 27.8 Å². The standard InChI is InChI=1S/C6H4BrNS/c7-6-1-5(4-9)2-8-3-6/h1-4H. The minimum atomic E-state index is 0.958. The average Bonchev–Trinajstić information content (AvgIpc) is 1.88. The molecule has 1 heterocycles. The molecule has 1 rings (SSSR count). The maximum atomic E-state index is 4.69. The minimum Gasteiger partial charge on any atom is -0.263 e. The van der Waals surface area contributed by atoms with Crippen molar-refractivity contribution >= 4 is 33.5 Å². The zero-order valence-electron chi connectivity index (χ0n) is 4.54. The van der Waals surface area contributed by atoms with Crippen molar-refractivity contribution in [1.29, 1.82) is 0 Å². The van der Waals surface area contributed by atoms with Crippen molar-refractivity contribution in [3.63, 3.8) is 0 Å². The fourth-order valence-electron chi connectivity index (χ4n) is 0.493. The van der Waals surface area contributed by atoms with Gasteiger partial charge in [0.1, 0.15) is 0 Å². The summed E-state index contributed by atoms with van der Waals surface area (Å²) in [6, 6.07) is 1.92. The Kier molecular flexibility index (Phi) is 2.30. The first-order valence-electron chi connectivity index (χ1n) is 2.38. The molecule has 9 heavy (non-hydrogen) atoms. The number of aromatic nitrogens is 1. The van der Waals surface area contributed by atoms with Crippen molar-refractivity contribution < 1.29 is 0 Å². The highest BCUT2D eigenvalue weighted by molar-refractivity contribution is 9.10. The summed E-state index contributed by atoms with van der Waals surface area (Å²) < 4.78 is 0.959. The largest absolute Gasteiger partial charge is 0.263 e. The van der Waals surface area contributed by atoms with E-state index in [1.807, 2.05) is 6.07 Å². The van der Waals surface area contributed by atoms with Crippen LogP contribution in [0.25, 0.3) is 0 Å². The third-order valence-electron chi connectivity index (χ3n) is 0.862. The Morgan fingerprint density at radius 2 is 2.33 bits per heavy atom. The van der Waals surface area contributed by atoms with E-state index < -0.39 is 0 Å². The number of hydrogen-bond donors (Lipinski definition) is 0. The molecule has 0 aliphatic carbocycles. The summed E-state index contributed by atoms with van der Waals surface area (Å²) in [6.45, 7) is 0. The highest BCUT2D eigenvalue weighted by atomic mass is 79.9. The smallest absolute Gasteiger partial charge is 0.0410 e. The van der Waals surface area contributed by atoms with Gasteiger partial charge in [-0.05, 0) is 22.0 Å². The van der Waals surface area contributed by atoms with Crippen LogP contribution in [0.3, 0.4) is 0 Å². The van der Waals surface area contributed by atoms with Crippen LogP contribution in [0, 0.1) is 0 Å². The van der Waals surface area contributed by atoms with E-state index in [9.17, 15) is 0 Å². The van der Waals surface area contributed by atoms with Gasteiger partial charge in [-0.2, -0.15) is 0 Å². The second-order valence-corrected chi connectivity index (χ2v) is 2.71. The Hall–Kier alpha value is -0.280. The van der Waals surface area contributed by atoms with Gasteiger partial charge >= 0.3 is 0 Å². The Bertz CT molecular complexity index is 224. The van der Waals surface area contributed by atoms with Gasteiger partial charge in [0.05, 0.1) is 0 Å². The van der Waals surface area contributed by atoms with Crippen LogP contribution in [0.1, 0.15) is 5.56 Å². The number of hydrogen-bond acceptors (Lipinski definition) is 2. The molecule has 0 saturated heterocycles. The van der Waals surface area contributed by atoms with E-state index in [2.05, 4.69) is 20.9 Å². The SMILES string of the molecule is S=Cc1cncc(Br)c1. The second-order valence-electron chi connectivity index (χ2n) is 1.55. The predicted molar refractivity (Wildman–Crippen MR) is 44.7 cm³/mol. The Labute approximate surface area is 67.2 Å². The molecule has 0 aliphatic heterocycles. The summed E-state index contributed by atoms with van der Waals surface area (Å²) in [5.41, 5.74) is 0.958. The number of nitrogens with zero attached hydrogens (tertiary/aromatic N) is 1. The molecule has 0 bridgehead atoms. The monoisotopic (exact) mass is 201 g/mol. The first kappa shape index (κ1) is 6.83. The molecule has 0 radical (unpaired) electrons. The van der Waals surface area contributed by atoms with E-state index in [1.54, 1.807) is 17.8 Å². The lowest BCUT2D eigenvalue weighted by atomic mass is 10.3. The van der Waals surface area contributed by atoms with Gasteiger partial charge in [-0.3, -0.25) is 4.98 Å². The first-order valence-corrected chi connectivity index (χ1v) is 3.65. The van der Waals surface area contributed by atoms with Crippen LogP contribution in [0.5, 0.6) is 0 Å². The maximum absolute atomic E-state index is 4.69. The van der Waals surface area contributed by atoms with Crippen LogP contribution in [0.4, 0.5) is 0 Å². The molecule has 0 saturated carbocycles. The van der Waals surface area contributed by atoms with Crippen molar-refractivity contribution in [3.05, 3.63) is 28.5 Å². The topological polar surface area (TPSA) is 12.9 Å². The molecule has 0 atom stereocenters. The van der Waals surface area contributed by atoms with E-state index >= 15 is 0 Å². The summed E-state index contributed by atoms with van der Waals surface area (Å²) in [5.74, 6) is 0. The van der Waals surface area contributed by atoms with E-state index in [0.29, 0.717) is 0 Å². The molecule has 1 aromatic heterocycles. The van der Waals surface area contributed by atoms with Crippen LogP contribution < -0.4 is 0 Å². The molecule has 3 heteroatoms. The zero-order valence-corrected chi connectivity index (χ0v) is 6.95. The van der Waals surface area contributed by atoms with Crippen LogP contribution in [0.2, 0.25) is 0 Å². The second kappa shape index (κ2) is 3.03. The van der Waals surface area contributed by atoms with Gasteiger partial charge in [0.25, 0.3) is 0 Å². The lowest BCUT2D eigenvalue weighted by Gasteiger charge is -1.89. The van der Waals surface area contributed by atoms with E-state index in [4.69, 9.17) is 12.2 Å². The molecule has 0 spiro atoms. The molecule has 1 nitrogen and oxygen atoms in total.